The van der Waals surface area contributed by atoms with E-state index in [9.17, 15) is 4.79 Å². The minimum absolute atomic E-state index is 0.352. The van der Waals surface area contributed by atoms with Crippen molar-refractivity contribution in [2.24, 2.45) is 5.73 Å². The van der Waals surface area contributed by atoms with Gasteiger partial charge in [-0.25, -0.2) is 4.98 Å². The van der Waals surface area contributed by atoms with Crippen LogP contribution in [0.3, 0.4) is 0 Å². The van der Waals surface area contributed by atoms with Crippen LogP contribution in [0.15, 0.2) is 4.34 Å². The predicted octanol–water partition coefficient (Wildman–Crippen LogP) is 2.00. The molecule has 0 saturated carbocycles. The number of thioether (sulfide) groups is 1. The fourth-order valence-electron chi connectivity index (χ4n) is 1.43. The Balaban J connectivity index is 2.17. The maximum absolute atomic E-state index is 11.4. The van der Waals surface area contributed by atoms with Gasteiger partial charge in [-0.1, -0.05) is 18.2 Å². The first-order valence-corrected chi connectivity index (χ1v) is 7.52. The van der Waals surface area contributed by atoms with Gasteiger partial charge in [0.1, 0.15) is 11.4 Å². The van der Waals surface area contributed by atoms with E-state index in [4.69, 9.17) is 5.73 Å². The second kappa shape index (κ2) is 7.06. The number of nitrogens with zero attached hydrogens (tertiary/aromatic N) is 2. The molecule has 1 unspecified atom stereocenters. The van der Waals surface area contributed by atoms with E-state index in [2.05, 4.69) is 14.1 Å². The van der Waals surface area contributed by atoms with Crippen molar-refractivity contribution in [3.8, 4) is 0 Å². The first kappa shape index (κ1) is 15.4. The van der Waals surface area contributed by atoms with Crippen molar-refractivity contribution < 1.29 is 9.53 Å². The van der Waals surface area contributed by atoms with Gasteiger partial charge in [0, 0.05) is 5.75 Å². The van der Waals surface area contributed by atoms with Gasteiger partial charge in [0.05, 0.1) is 7.11 Å². The molecule has 0 aliphatic heterocycles. The number of hydrogen-bond acceptors (Lipinski definition) is 7. The van der Waals surface area contributed by atoms with E-state index in [1.807, 2.05) is 6.92 Å². The summed E-state index contributed by atoms with van der Waals surface area (Å²) in [6, 6.07) is 0. The highest BCUT2D eigenvalue weighted by atomic mass is 32.2. The molecular weight excluding hydrogens is 270 g/mol. The third-order valence-corrected chi connectivity index (χ3v) is 4.49. The third-order valence-electron chi connectivity index (χ3n) is 2.48. The van der Waals surface area contributed by atoms with Crippen LogP contribution in [0.2, 0.25) is 0 Å². The molecule has 0 amide bonds. The quantitative estimate of drug-likeness (QED) is 0.470. The second-order valence-electron chi connectivity index (χ2n) is 4.32. The summed E-state index contributed by atoms with van der Waals surface area (Å²) >= 11 is 3.12. The number of aryl methyl sites for hydroxylation is 1. The Morgan fingerprint density at radius 3 is 2.83 bits per heavy atom. The molecule has 18 heavy (non-hydrogen) atoms. The zero-order valence-electron chi connectivity index (χ0n) is 10.9. The number of carbonyl (C=O) groups excluding carboxylic acids is 1. The molecule has 1 heterocycles. The smallest absolute Gasteiger partial charge is 0.325 e. The van der Waals surface area contributed by atoms with Gasteiger partial charge in [-0.3, -0.25) is 4.79 Å². The van der Waals surface area contributed by atoms with Crippen molar-refractivity contribution in [1.82, 2.24) is 9.36 Å². The number of rotatable bonds is 7. The Labute approximate surface area is 116 Å². The summed E-state index contributed by atoms with van der Waals surface area (Å²) in [5, 5.41) is 0. The van der Waals surface area contributed by atoms with Crippen LogP contribution in [-0.4, -0.2) is 33.7 Å². The largest absolute Gasteiger partial charge is 0.468 e. The Morgan fingerprint density at radius 2 is 2.28 bits per heavy atom. The average Bonchev–Trinajstić information content (AvgIpc) is 2.73. The fourth-order valence-corrected chi connectivity index (χ4v) is 3.14. The highest BCUT2D eigenvalue weighted by molar-refractivity contribution is 8.00. The van der Waals surface area contributed by atoms with Gasteiger partial charge in [-0.2, -0.15) is 4.37 Å². The van der Waals surface area contributed by atoms with Crippen molar-refractivity contribution in [2.45, 2.75) is 43.0 Å². The Morgan fingerprint density at radius 1 is 1.56 bits per heavy atom. The highest BCUT2D eigenvalue weighted by Gasteiger charge is 2.28. The van der Waals surface area contributed by atoms with Gasteiger partial charge in [0.2, 0.25) is 0 Å². The number of ether oxygens (including phenoxy) is 1. The molecule has 1 aromatic rings. The number of esters is 1. The van der Waals surface area contributed by atoms with E-state index in [1.165, 1.54) is 18.6 Å². The van der Waals surface area contributed by atoms with Gasteiger partial charge in [-0.05, 0) is 38.2 Å². The second-order valence-corrected chi connectivity index (χ2v) is 6.42. The SMILES string of the molecule is COC(=O)C(C)(N)CCCCSc1nc(C)ns1. The zero-order chi connectivity index (χ0) is 13.6. The molecule has 1 rings (SSSR count). The zero-order valence-corrected chi connectivity index (χ0v) is 12.6. The van der Waals surface area contributed by atoms with Crippen LogP contribution in [0.25, 0.3) is 0 Å². The monoisotopic (exact) mass is 289 g/mol. The molecule has 0 aliphatic carbocycles. The lowest BCUT2D eigenvalue weighted by atomic mass is 9.97. The van der Waals surface area contributed by atoms with Gasteiger partial charge < -0.3 is 10.5 Å². The number of nitrogens with two attached hydrogens (primary N) is 1. The molecule has 7 heteroatoms. The molecule has 2 N–H and O–H groups in total. The topological polar surface area (TPSA) is 78.1 Å². The maximum Gasteiger partial charge on any atom is 0.325 e. The summed E-state index contributed by atoms with van der Waals surface area (Å²) in [6.45, 7) is 3.59. The molecule has 0 aromatic carbocycles. The standard InChI is InChI=1S/C11H19N3O2S2/c1-8-13-10(18-14-8)17-7-5-4-6-11(2,12)9(15)16-3/h4-7,12H2,1-3H3. The maximum atomic E-state index is 11.4. The Bertz CT molecular complexity index is 393. The number of hydrogen-bond donors (Lipinski definition) is 1. The summed E-state index contributed by atoms with van der Waals surface area (Å²) in [6.07, 6.45) is 2.52. The van der Waals surface area contributed by atoms with Crippen LogP contribution >= 0.6 is 23.3 Å². The van der Waals surface area contributed by atoms with Gasteiger partial charge >= 0.3 is 5.97 Å². The molecule has 1 atom stereocenters. The summed E-state index contributed by atoms with van der Waals surface area (Å²) in [7, 11) is 1.36. The minimum atomic E-state index is -0.876. The summed E-state index contributed by atoms with van der Waals surface area (Å²) in [5.74, 6) is 1.43. The predicted molar refractivity (Wildman–Crippen MR) is 73.8 cm³/mol. The minimum Gasteiger partial charge on any atom is -0.468 e. The first-order valence-electron chi connectivity index (χ1n) is 5.76. The summed E-state index contributed by atoms with van der Waals surface area (Å²) in [4.78, 5) is 15.6. The Hall–Kier alpha value is -0.660. The van der Waals surface area contributed by atoms with Gasteiger partial charge in [-0.15, -0.1) is 0 Å². The summed E-state index contributed by atoms with van der Waals surface area (Å²) in [5.41, 5.74) is 4.99. The highest BCUT2D eigenvalue weighted by Crippen LogP contribution is 2.22. The molecule has 102 valence electrons. The number of unbranched alkanes of at least 4 members (excludes halogenated alkanes) is 1. The molecule has 1 aromatic heterocycles. The van der Waals surface area contributed by atoms with E-state index in [1.54, 1.807) is 18.7 Å². The van der Waals surface area contributed by atoms with E-state index < -0.39 is 5.54 Å². The third kappa shape index (κ3) is 4.91. The van der Waals surface area contributed by atoms with Crippen LogP contribution in [0, 0.1) is 6.92 Å². The number of methoxy groups -OCH3 is 1. The molecule has 0 fully saturated rings. The first-order chi connectivity index (χ1) is 8.45. The van der Waals surface area contributed by atoms with Crippen molar-refractivity contribution >= 4 is 29.3 Å². The van der Waals surface area contributed by atoms with Gasteiger partial charge in [0.25, 0.3) is 0 Å². The van der Waals surface area contributed by atoms with E-state index in [-0.39, 0.29) is 5.97 Å². The number of carbonyl (C=O) groups is 1. The normalized spacial score (nSPS) is 14.2. The molecule has 0 saturated heterocycles. The molecule has 5 nitrogen and oxygen atoms in total. The van der Waals surface area contributed by atoms with E-state index in [0.29, 0.717) is 6.42 Å². The fraction of sp³-hybridized carbons (Fsp3) is 0.727. The van der Waals surface area contributed by atoms with Crippen LogP contribution in [0.5, 0.6) is 0 Å². The van der Waals surface area contributed by atoms with Crippen LogP contribution in [-0.2, 0) is 9.53 Å². The molecule has 0 spiro atoms. The lowest BCUT2D eigenvalue weighted by molar-refractivity contribution is -0.146. The molecule has 0 aliphatic rings. The van der Waals surface area contributed by atoms with E-state index >= 15 is 0 Å². The molecule has 0 bridgehead atoms. The summed E-state index contributed by atoms with van der Waals surface area (Å²) < 4.78 is 9.77. The lowest BCUT2D eigenvalue weighted by Gasteiger charge is -2.20. The molecular formula is C11H19N3O2S2. The van der Waals surface area contributed by atoms with Crippen LogP contribution in [0.4, 0.5) is 0 Å². The van der Waals surface area contributed by atoms with E-state index in [0.717, 1.165) is 28.8 Å². The van der Waals surface area contributed by atoms with Crippen LogP contribution in [0.1, 0.15) is 32.0 Å². The van der Waals surface area contributed by atoms with Crippen molar-refractivity contribution in [2.75, 3.05) is 12.9 Å². The number of aromatic nitrogens is 2. The Kier molecular flexibility index (Phi) is 6.04. The van der Waals surface area contributed by atoms with Crippen molar-refractivity contribution in [3.63, 3.8) is 0 Å². The van der Waals surface area contributed by atoms with Crippen LogP contribution < -0.4 is 5.73 Å². The van der Waals surface area contributed by atoms with Gasteiger partial charge in [0.15, 0.2) is 4.34 Å². The molecule has 0 radical (unpaired) electrons. The lowest BCUT2D eigenvalue weighted by Crippen LogP contribution is -2.45. The van der Waals surface area contributed by atoms with Crippen molar-refractivity contribution in [3.05, 3.63) is 5.82 Å². The average molecular weight is 289 g/mol. The van der Waals surface area contributed by atoms with Crippen molar-refractivity contribution in [1.29, 1.82) is 0 Å².